The molecule has 0 aliphatic rings. The minimum absolute atomic E-state index is 0.0585. The highest BCUT2D eigenvalue weighted by Crippen LogP contribution is 2.40. The van der Waals surface area contributed by atoms with Crippen molar-refractivity contribution in [2.45, 2.75) is 46.5 Å². The Kier molecular flexibility index (Phi) is 6.33. The number of nitrogens with one attached hydrogen (secondary N) is 1. The highest BCUT2D eigenvalue weighted by Gasteiger charge is 2.17. The first kappa shape index (κ1) is 16.5. The van der Waals surface area contributed by atoms with Gasteiger partial charge in [-0.1, -0.05) is 20.3 Å². The second-order valence-corrected chi connectivity index (χ2v) is 6.11. The number of halogens is 2. The van der Waals surface area contributed by atoms with E-state index in [1.165, 1.54) is 0 Å². The minimum atomic E-state index is 0.0585. The Morgan fingerprint density at radius 1 is 1.26 bits per heavy atom. The maximum atomic E-state index is 11.9. The van der Waals surface area contributed by atoms with Gasteiger partial charge in [-0.3, -0.25) is 4.79 Å². The average molecular weight is 392 g/mol. The summed E-state index contributed by atoms with van der Waals surface area (Å²) >= 11 is 6.99. The molecule has 3 nitrogen and oxygen atoms in total. The Bertz CT molecular complexity index is 487. The molecule has 0 fully saturated rings. The van der Waals surface area contributed by atoms with Gasteiger partial charge >= 0.3 is 0 Å². The third-order valence-electron chi connectivity index (χ3n) is 3.12. The SMILES string of the molecule is CCCCC(=O)Nc1c(C)c(Br)c(N)c(Br)c1CC. The molecule has 0 aromatic heterocycles. The zero-order valence-electron chi connectivity index (χ0n) is 11.6. The van der Waals surface area contributed by atoms with E-state index in [4.69, 9.17) is 5.73 Å². The summed E-state index contributed by atoms with van der Waals surface area (Å²) in [7, 11) is 0. The summed E-state index contributed by atoms with van der Waals surface area (Å²) in [6.45, 7) is 6.09. The van der Waals surface area contributed by atoms with Gasteiger partial charge in [0.15, 0.2) is 0 Å². The van der Waals surface area contributed by atoms with Crippen molar-refractivity contribution in [1.29, 1.82) is 0 Å². The molecule has 0 bridgehead atoms. The van der Waals surface area contributed by atoms with Gasteiger partial charge in [0.05, 0.1) is 5.69 Å². The van der Waals surface area contributed by atoms with Crippen LogP contribution in [0.15, 0.2) is 8.95 Å². The molecular formula is C14H20Br2N2O. The van der Waals surface area contributed by atoms with Crippen LogP contribution < -0.4 is 11.1 Å². The zero-order chi connectivity index (χ0) is 14.6. The molecule has 5 heteroatoms. The van der Waals surface area contributed by atoms with E-state index in [1.54, 1.807) is 0 Å². The molecule has 1 aromatic carbocycles. The molecule has 0 aliphatic carbocycles. The first-order valence-corrected chi connectivity index (χ1v) is 8.08. The van der Waals surface area contributed by atoms with Gasteiger partial charge in [-0.2, -0.15) is 0 Å². The van der Waals surface area contributed by atoms with Crippen LogP contribution in [0.5, 0.6) is 0 Å². The molecule has 0 saturated carbocycles. The van der Waals surface area contributed by atoms with Gasteiger partial charge in [-0.15, -0.1) is 0 Å². The largest absolute Gasteiger partial charge is 0.397 e. The van der Waals surface area contributed by atoms with Crippen molar-refractivity contribution >= 4 is 49.1 Å². The second-order valence-electron chi connectivity index (χ2n) is 4.53. The normalized spacial score (nSPS) is 10.6. The predicted octanol–water partition coefficient (Wildman–Crippen LogP) is 4.79. The van der Waals surface area contributed by atoms with Crippen molar-refractivity contribution in [3.8, 4) is 0 Å². The average Bonchev–Trinajstić information content (AvgIpc) is 2.40. The van der Waals surface area contributed by atoms with Gasteiger partial charge in [0.2, 0.25) is 5.91 Å². The van der Waals surface area contributed by atoms with E-state index in [9.17, 15) is 4.79 Å². The number of rotatable bonds is 5. The molecule has 106 valence electrons. The molecule has 1 rings (SSSR count). The molecular weight excluding hydrogens is 372 g/mol. The lowest BCUT2D eigenvalue weighted by molar-refractivity contribution is -0.116. The van der Waals surface area contributed by atoms with Crippen LogP contribution >= 0.6 is 31.9 Å². The van der Waals surface area contributed by atoms with E-state index in [1.807, 2.05) is 6.92 Å². The van der Waals surface area contributed by atoms with E-state index in [0.717, 1.165) is 45.0 Å². The van der Waals surface area contributed by atoms with Gasteiger partial charge in [0.1, 0.15) is 0 Å². The van der Waals surface area contributed by atoms with E-state index in [-0.39, 0.29) is 5.91 Å². The Balaban J connectivity index is 3.16. The van der Waals surface area contributed by atoms with Crippen LogP contribution in [0.4, 0.5) is 11.4 Å². The van der Waals surface area contributed by atoms with Crippen LogP contribution in [0.3, 0.4) is 0 Å². The summed E-state index contributed by atoms with van der Waals surface area (Å²) < 4.78 is 1.70. The van der Waals surface area contributed by atoms with Crippen molar-refractivity contribution < 1.29 is 4.79 Å². The van der Waals surface area contributed by atoms with Crippen LogP contribution in [-0.4, -0.2) is 5.91 Å². The molecule has 19 heavy (non-hydrogen) atoms. The maximum absolute atomic E-state index is 11.9. The fraction of sp³-hybridized carbons (Fsp3) is 0.500. The third-order valence-corrected chi connectivity index (χ3v) is 5.05. The lowest BCUT2D eigenvalue weighted by Crippen LogP contribution is -2.15. The standard InChI is InChI=1S/C14H20Br2N2O/c1-4-6-7-10(19)18-14-8(3)11(15)13(17)12(16)9(14)5-2/h4-7,17H2,1-3H3,(H,18,19). The number of carbonyl (C=O) groups excluding carboxylic acids is 1. The number of nitrogen functional groups attached to an aromatic ring is 1. The van der Waals surface area contributed by atoms with Gasteiger partial charge in [0, 0.05) is 21.1 Å². The van der Waals surface area contributed by atoms with Crippen LogP contribution in [0, 0.1) is 6.92 Å². The predicted molar refractivity (Wildman–Crippen MR) is 88.5 cm³/mol. The Morgan fingerprint density at radius 3 is 2.42 bits per heavy atom. The van der Waals surface area contributed by atoms with E-state index in [2.05, 4.69) is 51.0 Å². The number of unbranched alkanes of at least 4 members (excludes halogenated alkanes) is 1. The minimum Gasteiger partial charge on any atom is -0.397 e. The molecule has 0 radical (unpaired) electrons. The molecule has 0 unspecified atom stereocenters. The monoisotopic (exact) mass is 390 g/mol. The number of nitrogens with two attached hydrogens (primary N) is 1. The highest BCUT2D eigenvalue weighted by atomic mass is 79.9. The van der Waals surface area contributed by atoms with Crippen molar-refractivity contribution in [1.82, 2.24) is 0 Å². The summed E-state index contributed by atoms with van der Waals surface area (Å²) in [4.78, 5) is 11.9. The maximum Gasteiger partial charge on any atom is 0.224 e. The fourth-order valence-electron chi connectivity index (χ4n) is 1.95. The first-order valence-electron chi connectivity index (χ1n) is 6.49. The summed E-state index contributed by atoms with van der Waals surface area (Å²) in [5.41, 5.74) is 9.60. The molecule has 3 N–H and O–H groups in total. The number of amides is 1. The van der Waals surface area contributed by atoms with Crippen LogP contribution in [0.1, 0.15) is 44.2 Å². The zero-order valence-corrected chi connectivity index (χ0v) is 14.7. The van der Waals surface area contributed by atoms with Gasteiger partial charge in [-0.05, 0) is 62.8 Å². The van der Waals surface area contributed by atoms with Crippen molar-refractivity contribution in [2.24, 2.45) is 0 Å². The number of hydrogen-bond acceptors (Lipinski definition) is 2. The quantitative estimate of drug-likeness (QED) is 0.708. The Morgan fingerprint density at radius 2 is 1.89 bits per heavy atom. The Labute approximate surface area is 131 Å². The van der Waals surface area contributed by atoms with E-state index >= 15 is 0 Å². The van der Waals surface area contributed by atoms with Crippen LogP contribution in [-0.2, 0) is 11.2 Å². The van der Waals surface area contributed by atoms with E-state index in [0.29, 0.717) is 12.1 Å². The molecule has 0 atom stereocenters. The van der Waals surface area contributed by atoms with Crippen LogP contribution in [0.25, 0.3) is 0 Å². The fourth-order valence-corrected chi connectivity index (χ4v) is 3.29. The smallest absolute Gasteiger partial charge is 0.224 e. The number of hydrogen-bond donors (Lipinski definition) is 2. The van der Waals surface area contributed by atoms with E-state index < -0.39 is 0 Å². The molecule has 0 spiro atoms. The number of benzene rings is 1. The molecule has 1 aromatic rings. The summed E-state index contributed by atoms with van der Waals surface area (Å²) in [6.07, 6.45) is 3.28. The van der Waals surface area contributed by atoms with Gasteiger partial charge < -0.3 is 11.1 Å². The topological polar surface area (TPSA) is 55.1 Å². The van der Waals surface area contributed by atoms with Crippen LogP contribution in [0.2, 0.25) is 0 Å². The highest BCUT2D eigenvalue weighted by molar-refractivity contribution is 9.11. The Hall–Kier alpha value is -0.550. The number of carbonyl (C=O) groups is 1. The van der Waals surface area contributed by atoms with Crippen molar-refractivity contribution in [2.75, 3.05) is 11.1 Å². The summed E-state index contributed by atoms with van der Waals surface area (Å²) in [5, 5.41) is 3.02. The van der Waals surface area contributed by atoms with Crippen molar-refractivity contribution in [3.63, 3.8) is 0 Å². The lowest BCUT2D eigenvalue weighted by Gasteiger charge is -2.18. The third kappa shape index (κ3) is 3.72. The molecule has 0 heterocycles. The first-order chi connectivity index (χ1) is 8.93. The second kappa shape index (κ2) is 7.29. The number of anilines is 2. The van der Waals surface area contributed by atoms with Gasteiger partial charge in [0.25, 0.3) is 0 Å². The summed E-state index contributed by atoms with van der Waals surface area (Å²) in [5.74, 6) is 0.0585. The molecule has 0 saturated heterocycles. The summed E-state index contributed by atoms with van der Waals surface area (Å²) in [6, 6.07) is 0. The molecule has 1 amide bonds. The lowest BCUT2D eigenvalue weighted by atomic mass is 10.0. The van der Waals surface area contributed by atoms with Crippen molar-refractivity contribution in [3.05, 3.63) is 20.1 Å². The van der Waals surface area contributed by atoms with Gasteiger partial charge in [-0.25, -0.2) is 0 Å². The molecule has 0 aliphatic heterocycles.